The van der Waals surface area contributed by atoms with E-state index in [-0.39, 0.29) is 11.3 Å². The number of amides is 1. The number of aromatic nitrogens is 2. The second kappa shape index (κ2) is 3.98. The molecule has 1 amide bonds. The molecule has 0 unspecified atom stereocenters. The normalized spacial score (nSPS) is 19.9. The monoisotopic (exact) mass is 285 g/mol. The molecule has 8 nitrogen and oxygen atoms in total. The molecule has 1 saturated heterocycles. The maximum atomic E-state index is 11.9. The summed E-state index contributed by atoms with van der Waals surface area (Å²) in [5.74, 6) is -1.86. The van der Waals surface area contributed by atoms with Gasteiger partial charge >= 0.3 is 5.97 Å². The summed E-state index contributed by atoms with van der Waals surface area (Å²) in [5.41, 5.74) is -0.245. The van der Waals surface area contributed by atoms with Crippen molar-refractivity contribution >= 4 is 21.9 Å². The number of carbonyl (C=O) groups excluding carboxylic acids is 1. The summed E-state index contributed by atoms with van der Waals surface area (Å²) in [5, 5.41) is 8.94. The zero-order chi connectivity index (χ0) is 14.4. The first-order valence-electron chi connectivity index (χ1n) is 5.28. The van der Waals surface area contributed by atoms with Crippen molar-refractivity contribution in [3.05, 3.63) is 23.8 Å². The summed E-state index contributed by atoms with van der Waals surface area (Å²) in [4.78, 5) is 30.0. The number of carboxylic acid groups (broad SMARTS) is 1. The minimum Gasteiger partial charge on any atom is -0.478 e. The largest absolute Gasteiger partial charge is 0.478 e. The maximum Gasteiger partial charge on any atom is 0.339 e. The van der Waals surface area contributed by atoms with Crippen LogP contribution in [0.15, 0.2) is 12.5 Å². The smallest absolute Gasteiger partial charge is 0.339 e. The van der Waals surface area contributed by atoms with E-state index in [1.54, 1.807) is 0 Å². The molecule has 1 aliphatic heterocycles. The lowest BCUT2D eigenvalue weighted by Crippen LogP contribution is -2.66. The number of hydrogen-bond acceptors (Lipinski definition) is 6. The number of rotatable bonds is 3. The molecule has 0 bridgehead atoms. The number of nitrogens with zero attached hydrogens (tertiary/aromatic N) is 3. The molecule has 2 rings (SSSR count). The molecular formula is C10H11N3O5S. The quantitative estimate of drug-likeness (QED) is 0.804. The number of hydrogen-bond donors (Lipinski definition) is 1. The first kappa shape index (κ1) is 13.4. The highest BCUT2D eigenvalue weighted by molar-refractivity contribution is 7.94. The van der Waals surface area contributed by atoms with Crippen LogP contribution in [0, 0.1) is 0 Å². The molecule has 1 N–H and O–H groups in total. The summed E-state index contributed by atoms with van der Waals surface area (Å²) in [6.07, 6.45) is 2.16. The molecule has 0 radical (unpaired) electrons. The van der Waals surface area contributed by atoms with Gasteiger partial charge in [-0.3, -0.25) is 4.79 Å². The van der Waals surface area contributed by atoms with E-state index in [0.717, 1.165) is 12.5 Å². The summed E-state index contributed by atoms with van der Waals surface area (Å²) in [7, 11) is -3.76. The molecule has 9 heteroatoms. The van der Waals surface area contributed by atoms with Gasteiger partial charge in [0, 0.05) is 6.20 Å². The van der Waals surface area contributed by atoms with Gasteiger partial charge in [0.15, 0.2) is 4.75 Å². The lowest BCUT2D eigenvalue weighted by atomic mass is 10.1. The molecule has 2 heterocycles. The van der Waals surface area contributed by atoms with Crippen LogP contribution in [-0.4, -0.2) is 44.4 Å². The fourth-order valence-electron chi connectivity index (χ4n) is 1.71. The molecule has 0 atom stereocenters. The van der Waals surface area contributed by atoms with E-state index in [4.69, 9.17) is 5.11 Å². The Kier molecular flexibility index (Phi) is 2.81. The van der Waals surface area contributed by atoms with Crippen molar-refractivity contribution in [2.24, 2.45) is 0 Å². The summed E-state index contributed by atoms with van der Waals surface area (Å²) in [6.45, 7) is 2.22. The van der Waals surface area contributed by atoms with Crippen molar-refractivity contribution in [1.29, 1.82) is 0 Å². The predicted molar refractivity (Wildman–Crippen MR) is 62.5 cm³/mol. The van der Waals surface area contributed by atoms with Crippen LogP contribution >= 0.6 is 0 Å². The van der Waals surface area contributed by atoms with Gasteiger partial charge < -0.3 is 5.11 Å². The Hall–Kier alpha value is -2.03. The Labute approximate surface area is 109 Å². The van der Waals surface area contributed by atoms with Crippen molar-refractivity contribution in [3.63, 3.8) is 0 Å². The molecular weight excluding hydrogens is 274 g/mol. The van der Waals surface area contributed by atoms with Gasteiger partial charge in [-0.05, 0) is 13.8 Å². The SMILES string of the molecule is CC1(C)C(=O)N(Cc2ncncc2C(=O)O)S1(=O)=O. The molecule has 1 fully saturated rings. The highest BCUT2D eigenvalue weighted by atomic mass is 32.2. The van der Waals surface area contributed by atoms with E-state index in [9.17, 15) is 18.0 Å². The highest BCUT2D eigenvalue weighted by Crippen LogP contribution is 2.36. The molecule has 0 aromatic carbocycles. The van der Waals surface area contributed by atoms with Gasteiger partial charge in [0.05, 0.1) is 12.2 Å². The molecule has 0 aliphatic carbocycles. The molecule has 0 saturated carbocycles. The fourth-order valence-corrected chi connectivity index (χ4v) is 3.20. The molecule has 1 aromatic heterocycles. The molecule has 102 valence electrons. The standard InChI is InChI=1S/C10H11N3O5S/c1-10(2)9(16)13(19(10,17)18)4-7-6(8(14)15)3-11-5-12-7/h3,5H,4H2,1-2H3,(H,14,15). The molecule has 0 spiro atoms. The third-order valence-electron chi connectivity index (χ3n) is 3.00. The molecule has 19 heavy (non-hydrogen) atoms. The first-order chi connectivity index (χ1) is 8.69. The topological polar surface area (TPSA) is 118 Å². The van der Waals surface area contributed by atoms with Crippen molar-refractivity contribution < 1.29 is 23.1 Å². The summed E-state index contributed by atoms with van der Waals surface area (Å²) in [6, 6.07) is 0. The Balaban J connectivity index is 2.35. The lowest BCUT2D eigenvalue weighted by molar-refractivity contribution is -0.132. The summed E-state index contributed by atoms with van der Waals surface area (Å²) >= 11 is 0. The van der Waals surface area contributed by atoms with Crippen molar-refractivity contribution in [2.75, 3.05) is 0 Å². The Bertz CT molecular complexity index is 667. The first-order valence-corrected chi connectivity index (χ1v) is 6.72. The van der Waals surface area contributed by atoms with Crippen LogP contribution in [0.25, 0.3) is 0 Å². The van der Waals surface area contributed by atoms with Crippen LogP contribution < -0.4 is 0 Å². The Morgan fingerprint density at radius 3 is 2.63 bits per heavy atom. The number of carbonyl (C=O) groups is 2. The van der Waals surface area contributed by atoms with Gasteiger partial charge in [0.25, 0.3) is 15.9 Å². The predicted octanol–water partition coefficient (Wildman–Crippen LogP) is -0.375. The van der Waals surface area contributed by atoms with E-state index in [2.05, 4.69) is 9.97 Å². The number of carboxylic acids is 1. The molecule has 1 aromatic rings. The van der Waals surface area contributed by atoms with Gasteiger partial charge in [-0.25, -0.2) is 27.5 Å². The highest BCUT2D eigenvalue weighted by Gasteiger charge is 2.60. The number of sulfonamides is 1. The zero-order valence-corrected chi connectivity index (χ0v) is 11.0. The van der Waals surface area contributed by atoms with Gasteiger partial charge in [0.2, 0.25) is 0 Å². The second-order valence-corrected chi connectivity index (χ2v) is 6.93. The zero-order valence-electron chi connectivity index (χ0n) is 10.2. The van der Waals surface area contributed by atoms with E-state index in [1.165, 1.54) is 13.8 Å². The average molecular weight is 285 g/mol. The van der Waals surface area contributed by atoms with E-state index >= 15 is 0 Å². The van der Waals surface area contributed by atoms with Crippen LogP contribution in [0.5, 0.6) is 0 Å². The van der Waals surface area contributed by atoms with Gasteiger partial charge in [-0.2, -0.15) is 0 Å². The average Bonchev–Trinajstić information content (AvgIpc) is 2.35. The second-order valence-electron chi connectivity index (χ2n) is 4.52. The summed E-state index contributed by atoms with van der Waals surface area (Å²) < 4.78 is 22.9. The minimum absolute atomic E-state index is 0.0186. The van der Waals surface area contributed by atoms with E-state index in [0.29, 0.717) is 4.31 Å². The molecule has 1 aliphatic rings. The Morgan fingerprint density at radius 1 is 1.47 bits per heavy atom. The van der Waals surface area contributed by atoms with Crippen molar-refractivity contribution in [3.8, 4) is 0 Å². The number of aromatic carboxylic acids is 1. The van der Waals surface area contributed by atoms with Crippen LogP contribution in [0.3, 0.4) is 0 Å². The van der Waals surface area contributed by atoms with Crippen LogP contribution in [0.4, 0.5) is 0 Å². The van der Waals surface area contributed by atoms with Crippen molar-refractivity contribution in [2.45, 2.75) is 25.1 Å². The minimum atomic E-state index is -3.76. The fraction of sp³-hybridized carbons (Fsp3) is 0.400. The van der Waals surface area contributed by atoms with E-state index < -0.39 is 33.2 Å². The lowest BCUT2D eigenvalue weighted by Gasteiger charge is -2.42. The van der Waals surface area contributed by atoms with Gasteiger partial charge in [-0.1, -0.05) is 0 Å². The van der Waals surface area contributed by atoms with Crippen LogP contribution in [-0.2, 0) is 21.4 Å². The van der Waals surface area contributed by atoms with E-state index in [1.807, 2.05) is 0 Å². The van der Waals surface area contributed by atoms with Crippen LogP contribution in [0.2, 0.25) is 0 Å². The van der Waals surface area contributed by atoms with Crippen LogP contribution in [0.1, 0.15) is 29.9 Å². The third kappa shape index (κ3) is 1.77. The van der Waals surface area contributed by atoms with Crippen molar-refractivity contribution in [1.82, 2.24) is 14.3 Å². The van der Waals surface area contributed by atoms with Gasteiger partial charge in [-0.15, -0.1) is 0 Å². The maximum absolute atomic E-state index is 11.9. The Morgan fingerprint density at radius 2 is 2.11 bits per heavy atom. The third-order valence-corrected chi connectivity index (χ3v) is 5.33. The van der Waals surface area contributed by atoms with Gasteiger partial charge in [0.1, 0.15) is 11.9 Å².